The molecule has 0 aromatic heterocycles. The molecule has 0 aliphatic carbocycles. The normalized spacial score (nSPS) is 9.56. The van der Waals surface area contributed by atoms with E-state index in [4.69, 9.17) is 10.8 Å². The van der Waals surface area contributed by atoms with E-state index in [0.29, 0.717) is 12.2 Å². The van der Waals surface area contributed by atoms with E-state index < -0.39 is 17.9 Å². The molecular weight excluding hydrogens is 266 g/mol. The Kier molecular flexibility index (Phi) is 7.26. The Morgan fingerprint density at radius 2 is 1.83 bits per heavy atom. The van der Waals surface area contributed by atoms with Crippen molar-refractivity contribution >= 4 is 61.3 Å². The van der Waals surface area contributed by atoms with E-state index >= 15 is 0 Å². The van der Waals surface area contributed by atoms with Crippen LogP contribution in [0.4, 0.5) is 5.69 Å². The molecule has 0 saturated carbocycles. The standard InChI is InChI=1S/C11H9NO5.Ca.2H/c12-8-4-2-1-3-7(8)11(16)17-10(15)6-5-9(13)14;;;/h1-6H,12H2,(H,13,14);;;/q;+2;2*-1/b6-5-;;;. The number of para-hydroxylation sites is 1. The number of benzene rings is 1. The molecule has 0 bridgehead atoms. The van der Waals surface area contributed by atoms with Crippen LogP contribution < -0.4 is 5.73 Å². The average molecular weight is 277 g/mol. The molecule has 0 saturated heterocycles. The molecule has 18 heavy (non-hydrogen) atoms. The van der Waals surface area contributed by atoms with E-state index in [2.05, 4.69) is 4.74 Å². The summed E-state index contributed by atoms with van der Waals surface area (Å²) in [7, 11) is 0. The van der Waals surface area contributed by atoms with Gasteiger partial charge in [0.2, 0.25) is 0 Å². The molecule has 7 heteroatoms. The van der Waals surface area contributed by atoms with E-state index in [1.165, 1.54) is 12.1 Å². The molecule has 0 radical (unpaired) electrons. The molecule has 3 N–H and O–H groups in total. The van der Waals surface area contributed by atoms with Crippen molar-refractivity contribution in [2.24, 2.45) is 0 Å². The minimum absolute atomic E-state index is 0. The molecular formula is C11H11CaNO5. The number of nitrogen functional groups attached to an aromatic ring is 1. The van der Waals surface area contributed by atoms with Crippen molar-refractivity contribution in [3.05, 3.63) is 42.0 Å². The molecule has 0 fully saturated rings. The molecule has 6 nitrogen and oxygen atoms in total. The maximum atomic E-state index is 11.4. The van der Waals surface area contributed by atoms with Crippen LogP contribution >= 0.6 is 0 Å². The third-order valence-corrected chi connectivity index (χ3v) is 1.74. The van der Waals surface area contributed by atoms with Crippen LogP contribution in [0.1, 0.15) is 13.2 Å². The summed E-state index contributed by atoms with van der Waals surface area (Å²) in [6, 6.07) is 6.06. The van der Waals surface area contributed by atoms with E-state index in [0.717, 1.165) is 0 Å². The Bertz CT molecular complexity index is 507. The number of rotatable bonds is 3. The fraction of sp³-hybridized carbons (Fsp3) is 0. The van der Waals surface area contributed by atoms with Gasteiger partial charge in [-0.05, 0) is 12.1 Å². The number of carbonyl (C=O) groups excluding carboxylic acids is 2. The van der Waals surface area contributed by atoms with Crippen LogP contribution in [0.15, 0.2) is 36.4 Å². The van der Waals surface area contributed by atoms with Gasteiger partial charge in [-0.25, -0.2) is 14.4 Å². The maximum Gasteiger partial charge on any atom is 2.00 e. The minimum atomic E-state index is -1.31. The van der Waals surface area contributed by atoms with E-state index in [1.54, 1.807) is 12.1 Å². The van der Waals surface area contributed by atoms with Gasteiger partial charge < -0.3 is 18.4 Å². The summed E-state index contributed by atoms with van der Waals surface area (Å²) in [5.74, 6) is -3.31. The van der Waals surface area contributed by atoms with Crippen LogP contribution in [0.2, 0.25) is 0 Å². The number of nitrogens with two attached hydrogens (primary N) is 1. The first-order valence-electron chi connectivity index (χ1n) is 4.52. The number of carbonyl (C=O) groups is 3. The van der Waals surface area contributed by atoms with Crippen LogP contribution in [0, 0.1) is 0 Å². The van der Waals surface area contributed by atoms with E-state index in [1.807, 2.05) is 0 Å². The molecule has 0 heterocycles. The van der Waals surface area contributed by atoms with Gasteiger partial charge in [0.05, 0.1) is 5.56 Å². The zero-order chi connectivity index (χ0) is 12.8. The first-order valence-corrected chi connectivity index (χ1v) is 4.52. The second-order valence-corrected chi connectivity index (χ2v) is 2.97. The number of aliphatic carboxylic acids is 1. The topological polar surface area (TPSA) is 107 Å². The fourth-order valence-electron chi connectivity index (χ4n) is 1.00. The van der Waals surface area contributed by atoms with Crippen molar-refractivity contribution in [1.82, 2.24) is 0 Å². The van der Waals surface area contributed by atoms with Gasteiger partial charge in [0.25, 0.3) is 0 Å². The Labute approximate surface area is 135 Å². The second kappa shape index (κ2) is 7.86. The van der Waals surface area contributed by atoms with Gasteiger partial charge in [0.1, 0.15) is 0 Å². The fourth-order valence-corrected chi connectivity index (χ4v) is 1.00. The van der Waals surface area contributed by atoms with Crippen molar-refractivity contribution < 1.29 is 27.1 Å². The predicted octanol–water partition coefficient (Wildman–Crippen LogP) is 0.437. The molecule has 0 aliphatic rings. The molecule has 0 amide bonds. The first-order chi connectivity index (χ1) is 8.00. The summed E-state index contributed by atoms with van der Waals surface area (Å²) >= 11 is 0. The summed E-state index contributed by atoms with van der Waals surface area (Å²) in [5, 5.41) is 8.26. The van der Waals surface area contributed by atoms with Gasteiger partial charge >= 0.3 is 55.6 Å². The Hall–Kier alpha value is -1.37. The summed E-state index contributed by atoms with van der Waals surface area (Å²) in [6.07, 6.45) is 1.21. The van der Waals surface area contributed by atoms with Gasteiger partial charge in [-0.15, -0.1) is 0 Å². The molecule has 0 unspecified atom stereocenters. The number of carboxylic acids is 1. The van der Waals surface area contributed by atoms with E-state index in [-0.39, 0.29) is 51.8 Å². The minimum Gasteiger partial charge on any atom is -1.00 e. The van der Waals surface area contributed by atoms with Gasteiger partial charge in [0, 0.05) is 17.8 Å². The summed E-state index contributed by atoms with van der Waals surface area (Å²) < 4.78 is 4.36. The van der Waals surface area contributed by atoms with E-state index in [9.17, 15) is 14.4 Å². The summed E-state index contributed by atoms with van der Waals surface area (Å²) in [5.41, 5.74) is 5.71. The second-order valence-electron chi connectivity index (χ2n) is 2.97. The quantitative estimate of drug-likeness (QED) is 0.273. The van der Waals surface area contributed by atoms with Crippen LogP contribution in [0.5, 0.6) is 0 Å². The van der Waals surface area contributed by atoms with Crippen LogP contribution in [-0.4, -0.2) is 60.8 Å². The molecule has 0 atom stereocenters. The first kappa shape index (κ1) is 16.6. The van der Waals surface area contributed by atoms with Gasteiger partial charge in [-0.3, -0.25) is 0 Å². The molecule has 0 aliphatic heterocycles. The average Bonchev–Trinajstić information content (AvgIpc) is 2.26. The van der Waals surface area contributed by atoms with Crippen molar-refractivity contribution in [3.63, 3.8) is 0 Å². The maximum absolute atomic E-state index is 11.4. The Balaban J connectivity index is -0.000000963. The number of hydrogen-bond donors (Lipinski definition) is 2. The van der Waals surface area contributed by atoms with Crippen molar-refractivity contribution in [3.8, 4) is 0 Å². The molecule has 1 aromatic carbocycles. The van der Waals surface area contributed by atoms with Crippen LogP contribution in [-0.2, 0) is 14.3 Å². The SMILES string of the molecule is Nc1ccccc1C(=O)OC(=O)/C=C\C(=O)O.[Ca+2].[H-].[H-]. The molecule has 0 spiro atoms. The Morgan fingerprint density at radius 1 is 1.22 bits per heavy atom. The number of anilines is 1. The number of carboxylic acid groups (broad SMARTS) is 1. The van der Waals surface area contributed by atoms with Gasteiger partial charge in [-0.2, -0.15) is 0 Å². The smallest absolute Gasteiger partial charge is 1.00 e. The third kappa shape index (κ3) is 5.31. The Morgan fingerprint density at radius 3 is 2.39 bits per heavy atom. The molecule has 1 aromatic rings. The van der Waals surface area contributed by atoms with Crippen LogP contribution in [0.25, 0.3) is 0 Å². The zero-order valence-electron chi connectivity index (χ0n) is 11.3. The third-order valence-electron chi connectivity index (χ3n) is 1.74. The summed E-state index contributed by atoms with van der Waals surface area (Å²) in [6.45, 7) is 0. The predicted molar refractivity (Wildman–Crippen MR) is 66.0 cm³/mol. The van der Waals surface area contributed by atoms with Gasteiger partial charge in [-0.1, -0.05) is 12.1 Å². The molecule has 92 valence electrons. The zero-order valence-corrected chi connectivity index (χ0v) is 11.5. The molecule has 1 rings (SSSR count). The number of esters is 2. The van der Waals surface area contributed by atoms with Crippen molar-refractivity contribution in [2.75, 3.05) is 5.73 Å². The van der Waals surface area contributed by atoms with Crippen LogP contribution in [0.3, 0.4) is 0 Å². The monoisotopic (exact) mass is 277 g/mol. The summed E-state index contributed by atoms with van der Waals surface area (Å²) in [4.78, 5) is 32.5. The van der Waals surface area contributed by atoms with Crippen molar-refractivity contribution in [2.45, 2.75) is 0 Å². The number of ether oxygens (including phenoxy) is 1. The number of hydrogen-bond acceptors (Lipinski definition) is 5. The largest absolute Gasteiger partial charge is 2.00 e. The van der Waals surface area contributed by atoms with Gasteiger partial charge in [0.15, 0.2) is 0 Å². The van der Waals surface area contributed by atoms with Crippen molar-refractivity contribution in [1.29, 1.82) is 0 Å².